The van der Waals surface area contributed by atoms with Crippen LogP contribution in [0.2, 0.25) is 5.02 Å². The lowest BCUT2D eigenvalue weighted by Gasteiger charge is -2.21. The van der Waals surface area contributed by atoms with Crippen LogP contribution in [0.4, 0.5) is 0 Å². The molecule has 0 fully saturated rings. The molecule has 0 spiro atoms. The summed E-state index contributed by atoms with van der Waals surface area (Å²) in [6.45, 7) is 1.59. The number of aryl methyl sites for hydroxylation is 1. The smallest absolute Gasteiger partial charge is 0.255 e. The number of hydrogen-bond donors (Lipinski definition) is 1. The van der Waals surface area contributed by atoms with Crippen LogP contribution in [0.1, 0.15) is 16.7 Å². The third kappa shape index (κ3) is 6.49. The van der Waals surface area contributed by atoms with Crippen LogP contribution in [0.3, 0.4) is 0 Å². The zero-order chi connectivity index (χ0) is 22.3. The first-order valence-corrected chi connectivity index (χ1v) is 11.3. The van der Waals surface area contributed by atoms with Gasteiger partial charge in [-0.05, 0) is 42.3 Å². The Bertz CT molecular complexity index is 1160. The number of nitrogens with zero attached hydrogens (tertiary/aromatic N) is 2. The van der Waals surface area contributed by atoms with Crippen LogP contribution in [-0.2, 0) is 21.4 Å². The Morgan fingerprint density at radius 1 is 1.03 bits per heavy atom. The molecule has 0 aliphatic carbocycles. The Morgan fingerprint density at radius 3 is 2.42 bits per heavy atom. The Morgan fingerprint density at radius 2 is 1.74 bits per heavy atom. The highest BCUT2D eigenvalue weighted by Crippen LogP contribution is 2.19. The highest BCUT2D eigenvalue weighted by atomic mass is 35.5. The third-order valence-corrected chi connectivity index (χ3v) is 6.48. The van der Waals surface area contributed by atoms with E-state index in [9.17, 15) is 13.2 Å². The largest absolute Gasteiger partial charge is 0.272 e. The molecule has 0 atom stereocenters. The van der Waals surface area contributed by atoms with E-state index in [1.54, 1.807) is 42.5 Å². The molecule has 1 N–H and O–H groups in total. The van der Waals surface area contributed by atoms with Crippen LogP contribution >= 0.6 is 11.6 Å². The second-order valence-corrected chi connectivity index (χ2v) is 9.29. The number of sulfonamides is 1. The van der Waals surface area contributed by atoms with E-state index < -0.39 is 15.9 Å². The molecule has 8 heteroatoms. The first-order valence-electron chi connectivity index (χ1n) is 9.53. The molecule has 6 nitrogen and oxygen atoms in total. The lowest BCUT2D eigenvalue weighted by atomic mass is 10.2. The van der Waals surface area contributed by atoms with Gasteiger partial charge >= 0.3 is 0 Å². The van der Waals surface area contributed by atoms with Crippen LogP contribution < -0.4 is 5.43 Å². The van der Waals surface area contributed by atoms with Crippen molar-refractivity contribution in [2.45, 2.75) is 18.4 Å². The van der Waals surface area contributed by atoms with E-state index in [-0.39, 0.29) is 18.0 Å². The zero-order valence-corrected chi connectivity index (χ0v) is 18.5. The molecular formula is C23H22ClN3O3S. The lowest BCUT2D eigenvalue weighted by Crippen LogP contribution is -2.39. The van der Waals surface area contributed by atoms with E-state index in [4.69, 9.17) is 11.6 Å². The maximum absolute atomic E-state index is 13.2. The predicted molar refractivity (Wildman–Crippen MR) is 122 cm³/mol. The highest BCUT2D eigenvalue weighted by molar-refractivity contribution is 7.89. The predicted octanol–water partition coefficient (Wildman–Crippen LogP) is 3.99. The van der Waals surface area contributed by atoms with Crippen molar-refractivity contribution < 1.29 is 13.2 Å². The van der Waals surface area contributed by atoms with E-state index in [0.717, 1.165) is 15.4 Å². The first kappa shape index (κ1) is 22.7. The molecule has 0 aromatic heterocycles. The average Bonchev–Trinajstić information content (AvgIpc) is 2.75. The molecule has 0 aliphatic heterocycles. The van der Waals surface area contributed by atoms with Crippen LogP contribution in [-0.4, -0.2) is 31.4 Å². The van der Waals surface area contributed by atoms with Crippen molar-refractivity contribution in [3.05, 3.63) is 101 Å². The van der Waals surface area contributed by atoms with Crippen molar-refractivity contribution in [2.75, 3.05) is 6.54 Å². The van der Waals surface area contributed by atoms with E-state index >= 15 is 0 Å². The molecule has 0 saturated heterocycles. The molecule has 160 valence electrons. The van der Waals surface area contributed by atoms with E-state index in [0.29, 0.717) is 10.6 Å². The van der Waals surface area contributed by atoms with Crippen LogP contribution in [0.15, 0.2) is 88.9 Å². The minimum Gasteiger partial charge on any atom is -0.272 e. The summed E-state index contributed by atoms with van der Waals surface area (Å²) in [7, 11) is -3.90. The van der Waals surface area contributed by atoms with Gasteiger partial charge in [-0.25, -0.2) is 13.8 Å². The van der Waals surface area contributed by atoms with Crippen molar-refractivity contribution in [3.63, 3.8) is 0 Å². The molecule has 0 heterocycles. The Balaban J connectivity index is 1.77. The van der Waals surface area contributed by atoms with Gasteiger partial charge in [0.1, 0.15) is 0 Å². The molecule has 1 amide bonds. The summed E-state index contributed by atoms with van der Waals surface area (Å²) >= 11 is 5.92. The molecule has 0 bridgehead atoms. The first-order chi connectivity index (χ1) is 14.8. The molecule has 3 aromatic carbocycles. The quantitative estimate of drug-likeness (QED) is 0.412. The normalized spacial score (nSPS) is 11.7. The van der Waals surface area contributed by atoms with Crippen molar-refractivity contribution in [1.29, 1.82) is 0 Å². The van der Waals surface area contributed by atoms with Gasteiger partial charge in [-0.3, -0.25) is 4.79 Å². The topological polar surface area (TPSA) is 78.8 Å². The van der Waals surface area contributed by atoms with Gasteiger partial charge < -0.3 is 0 Å². The van der Waals surface area contributed by atoms with Gasteiger partial charge in [0.25, 0.3) is 5.91 Å². The monoisotopic (exact) mass is 455 g/mol. The number of nitrogens with one attached hydrogen (secondary N) is 1. The van der Waals surface area contributed by atoms with Crippen molar-refractivity contribution in [3.8, 4) is 0 Å². The Kier molecular flexibility index (Phi) is 7.57. The third-order valence-electron chi connectivity index (χ3n) is 4.42. The molecule has 0 saturated carbocycles. The van der Waals surface area contributed by atoms with Crippen LogP contribution in [0.25, 0.3) is 0 Å². The molecule has 0 aliphatic rings. The maximum Gasteiger partial charge on any atom is 0.255 e. The van der Waals surface area contributed by atoms with E-state index in [2.05, 4.69) is 10.5 Å². The van der Waals surface area contributed by atoms with E-state index in [1.807, 2.05) is 31.2 Å². The van der Waals surface area contributed by atoms with Crippen molar-refractivity contribution in [2.24, 2.45) is 5.10 Å². The van der Waals surface area contributed by atoms with Gasteiger partial charge in [0, 0.05) is 11.6 Å². The number of carbonyl (C=O) groups excluding carboxylic acids is 1. The second-order valence-electron chi connectivity index (χ2n) is 6.92. The molecule has 31 heavy (non-hydrogen) atoms. The number of benzene rings is 3. The minimum atomic E-state index is -3.90. The fraction of sp³-hybridized carbons (Fsp3) is 0.130. The number of amides is 1. The number of hydrazone groups is 1. The van der Waals surface area contributed by atoms with Crippen molar-refractivity contribution in [1.82, 2.24) is 9.73 Å². The molecule has 0 unspecified atom stereocenters. The van der Waals surface area contributed by atoms with Crippen LogP contribution in [0.5, 0.6) is 0 Å². The van der Waals surface area contributed by atoms with Crippen molar-refractivity contribution >= 4 is 33.7 Å². The molecule has 3 aromatic rings. The number of rotatable bonds is 8. The number of halogens is 1. The fourth-order valence-electron chi connectivity index (χ4n) is 2.89. The SMILES string of the molecule is Cc1cccc(C=NNC(=O)CN(Cc2ccc(Cl)cc2)S(=O)(=O)c2ccccc2)c1. The number of hydrogen-bond acceptors (Lipinski definition) is 4. The summed E-state index contributed by atoms with van der Waals surface area (Å²) in [6.07, 6.45) is 1.51. The molecule has 3 rings (SSSR count). The standard InChI is InChI=1S/C23H22ClN3O3S/c1-18-6-5-7-20(14-18)15-25-26-23(28)17-27(16-19-10-12-21(24)13-11-19)31(29,30)22-8-3-2-4-9-22/h2-15H,16-17H2,1H3,(H,26,28). The summed E-state index contributed by atoms with van der Waals surface area (Å²) in [4.78, 5) is 12.6. The Hall–Kier alpha value is -3.00. The van der Waals surface area contributed by atoms with Gasteiger partial charge in [0.15, 0.2) is 0 Å². The van der Waals surface area contributed by atoms with Gasteiger partial charge in [-0.2, -0.15) is 9.41 Å². The molecular weight excluding hydrogens is 434 g/mol. The van der Waals surface area contributed by atoms with Gasteiger partial charge in [0.05, 0.1) is 17.7 Å². The molecule has 0 radical (unpaired) electrons. The summed E-state index contributed by atoms with van der Waals surface area (Å²) in [5.41, 5.74) is 5.01. The summed E-state index contributed by atoms with van der Waals surface area (Å²) in [5.74, 6) is -0.544. The maximum atomic E-state index is 13.2. The summed E-state index contributed by atoms with van der Waals surface area (Å²) < 4.78 is 27.4. The lowest BCUT2D eigenvalue weighted by molar-refractivity contribution is -0.121. The zero-order valence-electron chi connectivity index (χ0n) is 16.9. The second kappa shape index (κ2) is 10.3. The van der Waals surface area contributed by atoms with Gasteiger partial charge in [-0.1, -0.05) is 71.8 Å². The Labute approximate surface area is 187 Å². The summed E-state index contributed by atoms with van der Waals surface area (Å²) in [6, 6.07) is 22.4. The number of carbonyl (C=O) groups is 1. The summed E-state index contributed by atoms with van der Waals surface area (Å²) in [5, 5.41) is 4.49. The average molecular weight is 456 g/mol. The van der Waals surface area contributed by atoms with Gasteiger partial charge in [0.2, 0.25) is 10.0 Å². The highest BCUT2D eigenvalue weighted by Gasteiger charge is 2.26. The van der Waals surface area contributed by atoms with E-state index in [1.165, 1.54) is 18.3 Å². The fourth-order valence-corrected chi connectivity index (χ4v) is 4.42. The minimum absolute atomic E-state index is 0.0173. The van der Waals surface area contributed by atoms with Crippen LogP contribution in [0, 0.1) is 6.92 Å². The van der Waals surface area contributed by atoms with Gasteiger partial charge in [-0.15, -0.1) is 0 Å².